The summed E-state index contributed by atoms with van der Waals surface area (Å²) in [6.07, 6.45) is 0.837. The van der Waals surface area contributed by atoms with Gasteiger partial charge in [-0.1, -0.05) is 19.1 Å². The number of carboxylic acids is 1. The van der Waals surface area contributed by atoms with E-state index in [4.69, 9.17) is 0 Å². The van der Waals surface area contributed by atoms with Gasteiger partial charge in [-0.2, -0.15) is 0 Å². The van der Waals surface area contributed by atoms with E-state index in [9.17, 15) is 14.3 Å². The van der Waals surface area contributed by atoms with E-state index in [-0.39, 0.29) is 11.9 Å². The Morgan fingerprint density at radius 1 is 1.53 bits per heavy atom. The fourth-order valence-electron chi connectivity index (χ4n) is 1.56. The molecule has 0 aliphatic heterocycles. The molecule has 0 amide bonds. The highest BCUT2D eigenvalue weighted by Crippen LogP contribution is 2.18. The van der Waals surface area contributed by atoms with E-state index in [1.807, 2.05) is 13.8 Å². The van der Waals surface area contributed by atoms with Crippen molar-refractivity contribution in [2.45, 2.75) is 39.3 Å². The summed E-state index contributed by atoms with van der Waals surface area (Å²) in [5.41, 5.74) is 1.04. The molecular formula is C13H18FNO2. The molecule has 0 aliphatic rings. The molecule has 0 bridgehead atoms. The summed E-state index contributed by atoms with van der Waals surface area (Å²) in [6.45, 7) is 5.53. The largest absolute Gasteiger partial charge is 0.480 e. The molecule has 0 fully saturated rings. The second-order valence-electron chi connectivity index (χ2n) is 4.26. The number of benzene rings is 1. The molecule has 1 aromatic rings. The molecule has 2 unspecified atom stereocenters. The van der Waals surface area contributed by atoms with Crippen molar-refractivity contribution in [3.8, 4) is 0 Å². The van der Waals surface area contributed by atoms with Gasteiger partial charge < -0.3 is 5.11 Å². The first-order chi connectivity index (χ1) is 7.95. The molecule has 0 aromatic heterocycles. The third kappa shape index (κ3) is 3.53. The quantitative estimate of drug-likeness (QED) is 0.830. The first kappa shape index (κ1) is 13.6. The predicted octanol–water partition coefficient (Wildman–Crippen LogP) is 2.65. The van der Waals surface area contributed by atoms with E-state index in [1.165, 1.54) is 12.1 Å². The summed E-state index contributed by atoms with van der Waals surface area (Å²) >= 11 is 0. The number of hydrogen-bond acceptors (Lipinski definition) is 2. The molecule has 1 rings (SSSR count). The lowest BCUT2D eigenvalue weighted by molar-refractivity contribution is -0.139. The van der Waals surface area contributed by atoms with Crippen LogP contribution >= 0.6 is 0 Å². The first-order valence-electron chi connectivity index (χ1n) is 5.70. The Balaban J connectivity index is 2.97. The molecule has 0 heterocycles. The Morgan fingerprint density at radius 3 is 2.65 bits per heavy atom. The van der Waals surface area contributed by atoms with Gasteiger partial charge in [-0.25, -0.2) is 4.39 Å². The summed E-state index contributed by atoms with van der Waals surface area (Å²) in [5.74, 6) is -1.27. The van der Waals surface area contributed by atoms with Crippen LogP contribution in [0.15, 0.2) is 18.2 Å². The molecule has 17 heavy (non-hydrogen) atoms. The lowest BCUT2D eigenvalue weighted by Gasteiger charge is -2.19. The van der Waals surface area contributed by atoms with Crippen LogP contribution in [0, 0.1) is 12.7 Å². The SMILES string of the molecule is CCC(C)NC(C(=O)O)c1ccc(F)c(C)c1. The number of carboxylic acid groups (broad SMARTS) is 1. The van der Waals surface area contributed by atoms with Crippen molar-refractivity contribution in [3.05, 3.63) is 35.1 Å². The normalized spacial score (nSPS) is 14.4. The minimum absolute atomic E-state index is 0.0986. The molecule has 0 radical (unpaired) electrons. The van der Waals surface area contributed by atoms with Crippen LogP contribution in [0.25, 0.3) is 0 Å². The maximum atomic E-state index is 13.1. The predicted molar refractivity (Wildman–Crippen MR) is 64.4 cm³/mol. The fraction of sp³-hybridized carbons (Fsp3) is 0.462. The molecule has 0 saturated heterocycles. The van der Waals surface area contributed by atoms with Crippen LogP contribution in [0.5, 0.6) is 0 Å². The second-order valence-corrected chi connectivity index (χ2v) is 4.26. The minimum Gasteiger partial charge on any atom is -0.480 e. The zero-order valence-electron chi connectivity index (χ0n) is 10.3. The maximum absolute atomic E-state index is 13.1. The van der Waals surface area contributed by atoms with E-state index >= 15 is 0 Å². The van der Waals surface area contributed by atoms with Gasteiger partial charge in [-0.05, 0) is 37.5 Å². The van der Waals surface area contributed by atoms with Crippen LogP contribution in [0.3, 0.4) is 0 Å². The Hall–Kier alpha value is -1.42. The average Bonchev–Trinajstić information content (AvgIpc) is 2.29. The number of halogens is 1. The van der Waals surface area contributed by atoms with Crippen LogP contribution in [-0.2, 0) is 4.79 Å². The van der Waals surface area contributed by atoms with Crippen molar-refractivity contribution in [1.29, 1.82) is 0 Å². The van der Waals surface area contributed by atoms with Gasteiger partial charge in [0.2, 0.25) is 0 Å². The third-order valence-electron chi connectivity index (χ3n) is 2.83. The molecule has 4 heteroatoms. The molecule has 2 atom stereocenters. The zero-order valence-corrected chi connectivity index (χ0v) is 10.3. The van der Waals surface area contributed by atoms with Crippen LogP contribution in [-0.4, -0.2) is 17.1 Å². The fourth-order valence-corrected chi connectivity index (χ4v) is 1.56. The molecule has 0 spiro atoms. The van der Waals surface area contributed by atoms with Gasteiger partial charge in [-0.3, -0.25) is 10.1 Å². The molecule has 0 aliphatic carbocycles. The van der Waals surface area contributed by atoms with Crippen LogP contribution in [0.2, 0.25) is 0 Å². The molecule has 94 valence electrons. The number of rotatable bonds is 5. The van der Waals surface area contributed by atoms with Crippen molar-refractivity contribution in [2.24, 2.45) is 0 Å². The third-order valence-corrected chi connectivity index (χ3v) is 2.83. The van der Waals surface area contributed by atoms with Crippen molar-refractivity contribution < 1.29 is 14.3 Å². The molecule has 1 aromatic carbocycles. The molecular weight excluding hydrogens is 221 g/mol. The molecule has 0 saturated carbocycles. The Bertz CT molecular complexity index is 406. The van der Waals surface area contributed by atoms with Gasteiger partial charge in [0.05, 0.1) is 0 Å². The lowest BCUT2D eigenvalue weighted by atomic mass is 10.0. The lowest BCUT2D eigenvalue weighted by Crippen LogP contribution is -2.35. The van der Waals surface area contributed by atoms with Gasteiger partial charge in [0, 0.05) is 6.04 Å². The number of aryl methyl sites for hydroxylation is 1. The summed E-state index contributed by atoms with van der Waals surface area (Å²) in [6, 6.07) is 3.70. The number of carbonyl (C=O) groups is 1. The standard InChI is InChI=1S/C13H18FNO2/c1-4-9(3)15-12(13(16)17)10-5-6-11(14)8(2)7-10/h5-7,9,12,15H,4H2,1-3H3,(H,16,17). The van der Waals surface area contributed by atoms with Gasteiger partial charge in [0.15, 0.2) is 0 Å². The summed E-state index contributed by atoms with van der Waals surface area (Å²) in [4.78, 5) is 11.2. The van der Waals surface area contributed by atoms with Crippen molar-refractivity contribution in [2.75, 3.05) is 0 Å². The number of nitrogens with one attached hydrogen (secondary N) is 1. The minimum atomic E-state index is -0.948. The van der Waals surface area contributed by atoms with Gasteiger partial charge in [0.1, 0.15) is 11.9 Å². The molecule has 3 nitrogen and oxygen atoms in total. The summed E-state index contributed by atoms with van der Waals surface area (Å²) < 4.78 is 13.1. The first-order valence-corrected chi connectivity index (χ1v) is 5.70. The number of aliphatic carboxylic acids is 1. The summed E-state index contributed by atoms with van der Waals surface area (Å²) in [7, 11) is 0. The van der Waals surface area contributed by atoms with Crippen molar-refractivity contribution >= 4 is 5.97 Å². The Labute approximate surface area is 101 Å². The topological polar surface area (TPSA) is 49.3 Å². The van der Waals surface area contributed by atoms with E-state index in [2.05, 4.69) is 5.32 Å². The maximum Gasteiger partial charge on any atom is 0.325 e. The van der Waals surface area contributed by atoms with Crippen LogP contribution < -0.4 is 5.32 Å². The van der Waals surface area contributed by atoms with Crippen molar-refractivity contribution in [3.63, 3.8) is 0 Å². The van der Waals surface area contributed by atoms with Crippen molar-refractivity contribution in [1.82, 2.24) is 5.32 Å². The van der Waals surface area contributed by atoms with E-state index in [0.29, 0.717) is 11.1 Å². The zero-order chi connectivity index (χ0) is 13.0. The van der Waals surface area contributed by atoms with E-state index in [0.717, 1.165) is 6.42 Å². The highest BCUT2D eigenvalue weighted by molar-refractivity contribution is 5.75. The monoisotopic (exact) mass is 239 g/mol. The van der Waals surface area contributed by atoms with E-state index < -0.39 is 12.0 Å². The Kier molecular flexibility index (Phi) is 4.63. The van der Waals surface area contributed by atoms with Crippen LogP contribution in [0.1, 0.15) is 37.4 Å². The highest BCUT2D eigenvalue weighted by atomic mass is 19.1. The smallest absolute Gasteiger partial charge is 0.325 e. The van der Waals surface area contributed by atoms with Gasteiger partial charge in [-0.15, -0.1) is 0 Å². The van der Waals surface area contributed by atoms with Gasteiger partial charge in [0.25, 0.3) is 0 Å². The van der Waals surface area contributed by atoms with E-state index in [1.54, 1.807) is 13.0 Å². The number of hydrogen-bond donors (Lipinski definition) is 2. The van der Waals surface area contributed by atoms with Gasteiger partial charge >= 0.3 is 5.97 Å². The van der Waals surface area contributed by atoms with Crippen LogP contribution in [0.4, 0.5) is 4.39 Å². The Morgan fingerprint density at radius 2 is 2.18 bits per heavy atom. The highest BCUT2D eigenvalue weighted by Gasteiger charge is 2.21. The molecule has 2 N–H and O–H groups in total. The summed E-state index contributed by atoms with van der Waals surface area (Å²) in [5, 5.41) is 12.2. The second kappa shape index (κ2) is 5.77. The average molecular weight is 239 g/mol.